The van der Waals surface area contributed by atoms with Gasteiger partial charge in [0.15, 0.2) is 21.9 Å². The number of amides is 1. The normalized spacial score (nSPS) is 12.2. The quantitative estimate of drug-likeness (QED) is 0.461. The molecule has 4 aromatic rings. The Hall–Kier alpha value is -2.51. The van der Waals surface area contributed by atoms with Crippen LogP contribution in [0.15, 0.2) is 56.8 Å². The molecular weight excluding hydrogens is 380 g/mol. The third-order valence-electron chi connectivity index (χ3n) is 4.23. The Bertz CT molecular complexity index is 1220. The second-order valence-electron chi connectivity index (χ2n) is 5.91. The highest BCUT2D eigenvalue weighted by Gasteiger charge is 2.15. The minimum atomic E-state index is -0.402. The summed E-state index contributed by atoms with van der Waals surface area (Å²) in [4.78, 5) is 18.8. The summed E-state index contributed by atoms with van der Waals surface area (Å²) in [6.45, 7) is 2.44. The summed E-state index contributed by atoms with van der Waals surface area (Å²) in [6, 6.07) is 13.5. The van der Waals surface area contributed by atoms with E-state index in [1.807, 2.05) is 43.0 Å². The molecule has 5 nitrogen and oxygen atoms in total. The van der Waals surface area contributed by atoms with Crippen LogP contribution in [0.25, 0.3) is 21.2 Å². The van der Waals surface area contributed by atoms with Gasteiger partial charge < -0.3 is 13.7 Å². The van der Waals surface area contributed by atoms with Crippen molar-refractivity contribution in [1.82, 2.24) is 4.57 Å². The van der Waals surface area contributed by atoms with E-state index in [4.69, 9.17) is 9.15 Å². The fourth-order valence-electron chi connectivity index (χ4n) is 2.90. The number of nitrogens with zero attached hydrogens (tertiary/aromatic N) is 2. The van der Waals surface area contributed by atoms with E-state index in [2.05, 4.69) is 23.2 Å². The molecule has 0 aliphatic rings. The lowest BCUT2D eigenvalue weighted by molar-refractivity contribution is 0.0973. The molecule has 0 bridgehead atoms. The molecule has 0 saturated heterocycles. The number of aryl methyl sites for hydroxylation is 1. The Morgan fingerprint density at radius 2 is 2.15 bits per heavy atom. The molecule has 2 heterocycles. The Morgan fingerprint density at radius 1 is 1.30 bits per heavy atom. The molecule has 4 rings (SSSR count). The third-order valence-corrected chi connectivity index (χ3v) is 6.05. The minimum absolute atomic E-state index is 0.208. The van der Waals surface area contributed by atoms with Crippen molar-refractivity contribution in [3.63, 3.8) is 0 Å². The molecule has 2 aromatic heterocycles. The number of aromatic nitrogens is 1. The van der Waals surface area contributed by atoms with Crippen LogP contribution in [-0.2, 0) is 7.05 Å². The van der Waals surface area contributed by atoms with Crippen molar-refractivity contribution in [1.29, 1.82) is 0 Å². The highest BCUT2D eigenvalue weighted by molar-refractivity contribution is 7.98. The fourth-order valence-corrected chi connectivity index (χ4v) is 4.47. The van der Waals surface area contributed by atoms with Crippen LogP contribution < -0.4 is 9.54 Å². The van der Waals surface area contributed by atoms with Crippen LogP contribution >= 0.6 is 23.1 Å². The summed E-state index contributed by atoms with van der Waals surface area (Å²) in [5.41, 5.74) is 1.62. The molecular formula is C20H18N2O3S2. The number of para-hydroxylation sites is 1. The zero-order valence-corrected chi connectivity index (χ0v) is 16.8. The number of hydrogen-bond acceptors (Lipinski definition) is 5. The van der Waals surface area contributed by atoms with Crippen molar-refractivity contribution in [2.75, 3.05) is 12.9 Å². The Kier molecular flexibility index (Phi) is 4.80. The molecule has 1 amide bonds. The average Bonchev–Trinajstić information content (AvgIpc) is 3.24. The molecule has 0 atom stereocenters. The Labute approximate surface area is 164 Å². The number of rotatable bonds is 4. The maximum atomic E-state index is 12.7. The van der Waals surface area contributed by atoms with Crippen molar-refractivity contribution in [3.8, 4) is 5.75 Å². The van der Waals surface area contributed by atoms with Gasteiger partial charge in [0, 0.05) is 17.3 Å². The van der Waals surface area contributed by atoms with E-state index < -0.39 is 5.91 Å². The standard InChI is InChI=1S/C20H18N2O3S2/c1-4-24-15-7-5-6-12-10-16(25-18(12)15)19(23)21-20-22(2)14-9-8-13(26-3)11-17(14)27-20/h5-11H,4H2,1-3H3. The number of furan rings is 1. The predicted octanol–water partition coefficient (Wildman–Crippen LogP) is 4.85. The zero-order valence-electron chi connectivity index (χ0n) is 15.2. The van der Waals surface area contributed by atoms with Gasteiger partial charge in [-0.1, -0.05) is 23.5 Å². The van der Waals surface area contributed by atoms with E-state index in [0.717, 1.165) is 15.6 Å². The molecule has 0 aliphatic heterocycles. The fraction of sp³-hybridized carbons (Fsp3) is 0.200. The van der Waals surface area contributed by atoms with Gasteiger partial charge in [0.1, 0.15) is 0 Å². The molecule has 27 heavy (non-hydrogen) atoms. The minimum Gasteiger partial charge on any atom is -0.490 e. The van der Waals surface area contributed by atoms with Gasteiger partial charge in [0.05, 0.1) is 16.8 Å². The van der Waals surface area contributed by atoms with Crippen LogP contribution in [0.5, 0.6) is 5.75 Å². The van der Waals surface area contributed by atoms with E-state index in [-0.39, 0.29) is 5.76 Å². The van der Waals surface area contributed by atoms with Gasteiger partial charge in [-0.15, -0.1) is 11.8 Å². The Morgan fingerprint density at radius 3 is 2.93 bits per heavy atom. The lowest BCUT2D eigenvalue weighted by Gasteiger charge is -2.01. The van der Waals surface area contributed by atoms with Gasteiger partial charge in [-0.05, 0) is 43.5 Å². The predicted molar refractivity (Wildman–Crippen MR) is 110 cm³/mol. The number of hydrogen-bond donors (Lipinski definition) is 0. The smallest absolute Gasteiger partial charge is 0.315 e. The van der Waals surface area contributed by atoms with E-state index in [1.165, 1.54) is 16.2 Å². The second-order valence-corrected chi connectivity index (χ2v) is 7.80. The maximum Gasteiger partial charge on any atom is 0.315 e. The van der Waals surface area contributed by atoms with Crippen molar-refractivity contribution < 1.29 is 13.9 Å². The molecule has 0 saturated carbocycles. The molecule has 2 aromatic carbocycles. The van der Waals surface area contributed by atoms with Gasteiger partial charge in [0.25, 0.3) is 0 Å². The van der Waals surface area contributed by atoms with E-state index in [0.29, 0.717) is 22.7 Å². The first-order chi connectivity index (χ1) is 13.1. The summed E-state index contributed by atoms with van der Waals surface area (Å²) in [7, 11) is 1.91. The maximum absolute atomic E-state index is 12.7. The van der Waals surface area contributed by atoms with Gasteiger partial charge >= 0.3 is 5.91 Å². The average molecular weight is 399 g/mol. The third kappa shape index (κ3) is 3.28. The lowest BCUT2D eigenvalue weighted by atomic mass is 10.2. The molecule has 0 radical (unpaired) electrons. The zero-order chi connectivity index (χ0) is 19.0. The largest absolute Gasteiger partial charge is 0.490 e. The number of ether oxygens (including phenoxy) is 1. The summed E-state index contributed by atoms with van der Waals surface area (Å²) < 4.78 is 14.4. The van der Waals surface area contributed by atoms with Crippen LogP contribution in [-0.4, -0.2) is 23.3 Å². The van der Waals surface area contributed by atoms with Gasteiger partial charge in [-0.25, -0.2) is 0 Å². The van der Waals surface area contributed by atoms with Crippen LogP contribution in [0.2, 0.25) is 0 Å². The highest BCUT2D eigenvalue weighted by atomic mass is 32.2. The topological polar surface area (TPSA) is 56.7 Å². The Balaban J connectivity index is 1.77. The first kappa shape index (κ1) is 17.9. The lowest BCUT2D eigenvalue weighted by Crippen LogP contribution is -2.12. The van der Waals surface area contributed by atoms with Crippen LogP contribution in [0.3, 0.4) is 0 Å². The number of fused-ring (bicyclic) bond motifs is 2. The van der Waals surface area contributed by atoms with E-state index >= 15 is 0 Å². The monoisotopic (exact) mass is 398 g/mol. The first-order valence-electron chi connectivity index (χ1n) is 8.48. The molecule has 0 spiro atoms. The molecule has 7 heteroatoms. The summed E-state index contributed by atoms with van der Waals surface area (Å²) in [6.07, 6.45) is 2.04. The summed E-state index contributed by atoms with van der Waals surface area (Å²) in [5.74, 6) is 0.436. The molecule has 0 aliphatic carbocycles. The molecule has 0 fully saturated rings. The molecule has 0 N–H and O–H groups in total. The number of benzene rings is 2. The number of thiazole rings is 1. The highest BCUT2D eigenvalue weighted by Crippen LogP contribution is 2.29. The first-order valence-corrected chi connectivity index (χ1v) is 10.5. The SMILES string of the molecule is CCOc1cccc2cc(C(=O)N=c3sc4cc(SC)ccc4n3C)oc12. The number of carbonyl (C=O) groups excluding carboxylic acids is 1. The second kappa shape index (κ2) is 7.25. The van der Waals surface area contributed by atoms with Crippen molar-refractivity contribution in [3.05, 3.63) is 53.0 Å². The van der Waals surface area contributed by atoms with Gasteiger partial charge in [0.2, 0.25) is 0 Å². The number of carbonyl (C=O) groups is 1. The number of thioether (sulfide) groups is 1. The van der Waals surface area contributed by atoms with Gasteiger partial charge in [-0.3, -0.25) is 4.79 Å². The van der Waals surface area contributed by atoms with Crippen LogP contribution in [0, 0.1) is 0 Å². The van der Waals surface area contributed by atoms with Crippen molar-refractivity contribution >= 4 is 50.2 Å². The van der Waals surface area contributed by atoms with Gasteiger partial charge in [-0.2, -0.15) is 4.99 Å². The van der Waals surface area contributed by atoms with E-state index in [1.54, 1.807) is 17.8 Å². The van der Waals surface area contributed by atoms with Crippen molar-refractivity contribution in [2.45, 2.75) is 11.8 Å². The van der Waals surface area contributed by atoms with E-state index in [9.17, 15) is 4.79 Å². The van der Waals surface area contributed by atoms with Crippen LogP contribution in [0.1, 0.15) is 17.5 Å². The molecule has 138 valence electrons. The summed E-state index contributed by atoms with van der Waals surface area (Å²) >= 11 is 3.18. The van der Waals surface area contributed by atoms with Crippen LogP contribution in [0.4, 0.5) is 0 Å². The molecule has 0 unspecified atom stereocenters. The summed E-state index contributed by atoms with van der Waals surface area (Å²) in [5, 5.41) is 0.824. The van der Waals surface area contributed by atoms with Crippen molar-refractivity contribution in [2.24, 2.45) is 12.0 Å².